The second-order valence-electron chi connectivity index (χ2n) is 3.95. The Bertz CT molecular complexity index is 393. The van der Waals surface area contributed by atoms with E-state index >= 15 is 0 Å². The molecule has 6 heteroatoms. The zero-order chi connectivity index (χ0) is 12.8. The Hall–Kier alpha value is -1.82. The molecule has 0 aliphatic heterocycles. The van der Waals surface area contributed by atoms with E-state index in [0.717, 1.165) is 5.82 Å². The fourth-order valence-corrected chi connectivity index (χ4v) is 1.34. The molecular weight excluding hydrogens is 220 g/mol. The normalized spacial score (nSPS) is 13.5. The predicted molar refractivity (Wildman–Crippen MR) is 66.3 cm³/mol. The van der Waals surface area contributed by atoms with Crippen molar-refractivity contribution in [3.8, 4) is 0 Å². The van der Waals surface area contributed by atoms with Gasteiger partial charge in [0.2, 0.25) is 0 Å². The number of aliphatic hydroxyl groups excluding tert-OH is 1. The highest BCUT2D eigenvalue weighted by Gasteiger charge is 2.07. The van der Waals surface area contributed by atoms with E-state index in [1.165, 1.54) is 0 Å². The fraction of sp³-hybridized carbons (Fsp3) is 0.455. The minimum atomic E-state index is -0.343. The molecule has 4 N–H and O–H groups in total. The van der Waals surface area contributed by atoms with E-state index in [2.05, 4.69) is 10.1 Å². The molecule has 0 spiro atoms. The van der Waals surface area contributed by atoms with Crippen molar-refractivity contribution >= 4 is 11.7 Å². The van der Waals surface area contributed by atoms with Crippen LogP contribution < -0.4 is 10.6 Å². The number of aliphatic hydroxyl groups is 1. The number of oxime groups is 1. The maximum Gasteiger partial charge on any atom is 0.170 e. The summed E-state index contributed by atoms with van der Waals surface area (Å²) in [6.45, 7) is 2.43. The SMILES string of the molecule is CC(O)CCN(C)c1cc(/C(N)=N/O)ccn1. The molecule has 0 aliphatic carbocycles. The van der Waals surface area contributed by atoms with Crippen LogP contribution in [0.2, 0.25) is 0 Å². The molecule has 0 fully saturated rings. The first-order valence-electron chi connectivity index (χ1n) is 5.37. The molecule has 0 bridgehead atoms. The van der Waals surface area contributed by atoms with Crippen LogP contribution in [0.4, 0.5) is 5.82 Å². The van der Waals surface area contributed by atoms with Gasteiger partial charge in [-0.2, -0.15) is 0 Å². The first-order valence-corrected chi connectivity index (χ1v) is 5.37. The van der Waals surface area contributed by atoms with Crippen molar-refractivity contribution in [3.05, 3.63) is 23.9 Å². The Morgan fingerprint density at radius 3 is 2.94 bits per heavy atom. The van der Waals surface area contributed by atoms with Crippen LogP contribution in [0.3, 0.4) is 0 Å². The Labute approximate surface area is 100 Å². The number of pyridine rings is 1. The number of nitrogens with zero attached hydrogens (tertiary/aromatic N) is 3. The zero-order valence-electron chi connectivity index (χ0n) is 10.0. The maximum absolute atomic E-state index is 9.21. The summed E-state index contributed by atoms with van der Waals surface area (Å²) in [5.41, 5.74) is 6.11. The Morgan fingerprint density at radius 2 is 2.35 bits per heavy atom. The second-order valence-corrected chi connectivity index (χ2v) is 3.95. The van der Waals surface area contributed by atoms with Gasteiger partial charge in [-0.1, -0.05) is 5.16 Å². The molecule has 0 amide bonds. The monoisotopic (exact) mass is 238 g/mol. The number of amidine groups is 1. The van der Waals surface area contributed by atoms with Gasteiger partial charge < -0.3 is 20.9 Å². The lowest BCUT2D eigenvalue weighted by Gasteiger charge is -2.19. The largest absolute Gasteiger partial charge is 0.409 e. The molecule has 0 aliphatic rings. The van der Waals surface area contributed by atoms with Crippen LogP contribution in [-0.2, 0) is 0 Å². The average molecular weight is 238 g/mol. The summed E-state index contributed by atoms with van der Waals surface area (Å²) in [6.07, 6.45) is 1.91. The summed E-state index contributed by atoms with van der Waals surface area (Å²) >= 11 is 0. The van der Waals surface area contributed by atoms with E-state index in [1.54, 1.807) is 25.3 Å². The minimum absolute atomic E-state index is 0.0533. The first kappa shape index (κ1) is 13.2. The van der Waals surface area contributed by atoms with Gasteiger partial charge in [-0.25, -0.2) is 4.98 Å². The van der Waals surface area contributed by atoms with E-state index in [-0.39, 0.29) is 11.9 Å². The summed E-state index contributed by atoms with van der Waals surface area (Å²) in [5, 5.41) is 20.7. The Balaban J connectivity index is 2.77. The molecule has 1 aromatic heterocycles. The van der Waals surface area contributed by atoms with Crippen molar-refractivity contribution < 1.29 is 10.3 Å². The van der Waals surface area contributed by atoms with Crippen molar-refractivity contribution in [2.24, 2.45) is 10.9 Å². The lowest BCUT2D eigenvalue weighted by molar-refractivity contribution is 0.187. The van der Waals surface area contributed by atoms with Crippen molar-refractivity contribution in [2.75, 3.05) is 18.5 Å². The van der Waals surface area contributed by atoms with Crippen molar-refractivity contribution in [3.63, 3.8) is 0 Å². The smallest absolute Gasteiger partial charge is 0.170 e. The number of aromatic nitrogens is 1. The third-order valence-corrected chi connectivity index (χ3v) is 2.42. The Kier molecular flexibility index (Phi) is 4.71. The number of hydrogen-bond acceptors (Lipinski definition) is 5. The van der Waals surface area contributed by atoms with E-state index in [1.807, 2.05) is 11.9 Å². The van der Waals surface area contributed by atoms with Crippen LogP contribution in [0.5, 0.6) is 0 Å². The van der Waals surface area contributed by atoms with Crippen LogP contribution in [0.25, 0.3) is 0 Å². The van der Waals surface area contributed by atoms with Gasteiger partial charge in [0, 0.05) is 25.4 Å². The summed E-state index contributed by atoms with van der Waals surface area (Å²) < 4.78 is 0. The molecule has 1 unspecified atom stereocenters. The fourth-order valence-electron chi connectivity index (χ4n) is 1.34. The van der Waals surface area contributed by atoms with Crippen LogP contribution in [0.1, 0.15) is 18.9 Å². The highest BCUT2D eigenvalue weighted by Crippen LogP contribution is 2.11. The lowest BCUT2D eigenvalue weighted by atomic mass is 10.2. The van der Waals surface area contributed by atoms with E-state index in [4.69, 9.17) is 10.9 Å². The van der Waals surface area contributed by atoms with Crippen LogP contribution in [0, 0.1) is 0 Å². The third kappa shape index (κ3) is 3.92. The van der Waals surface area contributed by atoms with Crippen molar-refractivity contribution in [1.82, 2.24) is 4.98 Å². The minimum Gasteiger partial charge on any atom is -0.409 e. The first-order chi connectivity index (χ1) is 8.04. The number of rotatable bonds is 5. The van der Waals surface area contributed by atoms with E-state index in [9.17, 15) is 5.11 Å². The van der Waals surface area contributed by atoms with Crippen LogP contribution in [0.15, 0.2) is 23.5 Å². The molecule has 1 heterocycles. The number of nitrogens with two attached hydrogens (primary N) is 1. The molecule has 6 nitrogen and oxygen atoms in total. The molecule has 1 rings (SSSR count). The summed E-state index contributed by atoms with van der Waals surface area (Å²) in [5.74, 6) is 0.771. The van der Waals surface area contributed by atoms with Gasteiger partial charge in [-0.15, -0.1) is 0 Å². The van der Waals surface area contributed by atoms with Gasteiger partial charge in [0.05, 0.1) is 6.10 Å². The van der Waals surface area contributed by atoms with Crippen LogP contribution >= 0.6 is 0 Å². The second kappa shape index (κ2) is 6.05. The van der Waals surface area contributed by atoms with Gasteiger partial charge in [-0.05, 0) is 25.5 Å². The number of anilines is 1. The topological polar surface area (TPSA) is 95.0 Å². The molecular formula is C11H18N4O2. The molecule has 0 saturated heterocycles. The van der Waals surface area contributed by atoms with Gasteiger partial charge in [-0.3, -0.25) is 0 Å². The van der Waals surface area contributed by atoms with E-state index < -0.39 is 0 Å². The highest BCUT2D eigenvalue weighted by atomic mass is 16.4. The highest BCUT2D eigenvalue weighted by molar-refractivity contribution is 5.97. The third-order valence-electron chi connectivity index (χ3n) is 2.42. The number of hydrogen-bond donors (Lipinski definition) is 3. The standard InChI is InChI=1S/C11H18N4O2/c1-8(16)4-6-15(2)10-7-9(3-5-13-10)11(12)14-17/h3,5,7-8,16-17H,4,6H2,1-2H3,(H2,12,14). The van der Waals surface area contributed by atoms with Crippen molar-refractivity contribution in [1.29, 1.82) is 0 Å². The quantitative estimate of drug-likeness (QED) is 0.298. The predicted octanol–water partition coefficient (Wildman–Crippen LogP) is 0.383. The Morgan fingerprint density at radius 1 is 1.65 bits per heavy atom. The van der Waals surface area contributed by atoms with Crippen molar-refractivity contribution in [2.45, 2.75) is 19.4 Å². The summed E-state index contributed by atoms with van der Waals surface area (Å²) in [7, 11) is 1.88. The summed E-state index contributed by atoms with van der Waals surface area (Å²) in [4.78, 5) is 6.09. The molecule has 94 valence electrons. The lowest BCUT2D eigenvalue weighted by Crippen LogP contribution is -2.23. The summed E-state index contributed by atoms with van der Waals surface area (Å²) in [6, 6.07) is 3.40. The molecule has 1 aromatic rings. The molecule has 1 atom stereocenters. The van der Waals surface area contributed by atoms with Gasteiger partial charge >= 0.3 is 0 Å². The maximum atomic E-state index is 9.21. The van der Waals surface area contributed by atoms with Gasteiger partial charge in [0.1, 0.15) is 5.82 Å². The zero-order valence-corrected chi connectivity index (χ0v) is 10.0. The average Bonchev–Trinajstić information content (AvgIpc) is 2.35. The van der Waals surface area contributed by atoms with Crippen LogP contribution in [-0.4, -0.2) is 40.8 Å². The molecule has 17 heavy (non-hydrogen) atoms. The van der Waals surface area contributed by atoms with Gasteiger partial charge in [0.15, 0.2) is 5.84 Å². The van der Waals surface area contributed by atoms with E-state index in [0.29, 0.717) is 18.5 Å². The molecule has 0 saturated carbocycles. The van der Waals surface area contributed by atoms with Gasteiger partial charge in [0.25, 0.3) is 0 Å². The molecule has 0 radical (unpaired) electrons. The molecule has 0 aromatic carbocycles.